The Labute approximate surface area is 149 Å². The van der Waals surface area contributed by atoms with Crippen molar-refractivity contribution in [2.75, 3.05) is 31.5 Å². The van der Waals surface area contributed by atoms with Crippen molar-refractivity contribution in [1.29, 1.82) is 5.26 Å². The number of piperidine rings is 1. The van der Waals surface area contributed by atoms with Crippen molar-refractivity contribution in [2.45, 2.75) is 38.1 Å². The second-order valence-corrected chi connectivity index (χ2v) is 7.39. The number of hydrogen-bond acceptors (Lipinski definition) is 3. The minimum absolute atomic E-state index is 0.0368. The van der Waals surface area contributed by atoms with E-state index in [0.717, 1.165) is 50.3 Å². The summed E-state index contributed by atoms with van der Waals surface area (Å²) in [5.74, 6) is 0. The van der Waals surface area contributed by atoms with Gasteiger partial charge in [0.25, 0.3) is 0 Å². The van der Waals surface area contributed by atoms with Gasteiger partial charge in [-0.3, -0.25) is 4.90 Å². The molecule has 25 heavy (non-hydrogen) atoms. The highest BCUT2D eigenvalue weighted by molar-refractivity contribution is 5.89. The van der Waals surface area contributed by atoms with E-state index in [1.807, 2.05) is 43.0 Å². The number of urea groups is 1. The molecular formula is C20H26N4O. The zero-order valence-corrected chi connectivity index (χ0v) is 15.0. The van der Waals surface area contributed by atoms with Gasteiger partial charge in [-0.25, -0.2) is 4.79 Å². The van der Waals surface area contributed by atoms with E-state index in [-0.39, 0.29) is 6.03 Å². The fourth-order valence-electron chi connectivity index (χ4n) is 3.46. The van der Waals surface area contributed by atoms with Crippen LogP contribution >= 0.6 is 0 Å². The average Bonchev–Trinajstić information content (AvgIpc) is 3.17. The molecular weight excluding hydrogens is 312 g/mol. The van der Waals surface area contributed by atoms with Crippen molar-refractivity contribution in [2.24, 2.45) is 0 Å². The van der Waals surface area contributed by atoms with Crippen LogP contribution in [0.5, 0.6) is 0 Å². The van der Waals surface area contributed by atoms with Crippen LogP contribution in [-0.4, -0.2) is 48.1 Å². The Morgan fingerprint density at radius 1 is 1.16 bits per heavy atom. The largest absolute Gasteiger partial charge is 0.324 e. The molecule has 2 aliphatic rings. The summed E-state index contributed by atoms with van der Waals surface area (Å²) in [6.07, 6.45) is 6.50. The minimum Gasteiger partial charge on any atom is -0.324 e. The lowest BCUT2D eigenvalue weighted by atomic mass is 9.86. The molecule has 1 aromatic carbocycles. The second kappa shape index (κ2) is 7.28. The summed E-state index contributed by atoms with van der Waals surface area (Å²) in [6, 6.07) is 10.4. The highest BCUT2D eigenvalue weighted by Crippen LogP contribution is 2.24. The van der Waals surface area contributed by atoms with E-state index < -0.39 is 5.41 Å². The first-order valence-electron chi connectivity index (χ1n) is 8.96. The average molecular weight is 338 g/mol. The van der Waals surface area contributed by atoms with Gasteiger partial charge in [0.1, 0.15) is 0 Å². The third-order valence-electron chi connectivity index (χ3n) is 5.25. The number of anilines is 1. The lowest BCUT2D eigenvalue weighted by molar-refractivity contribution is 0.144. The first kappa shape index (κ1) is 17.5. The summed E-state index contributed by atoms with van der Waals surface area (Å²) in [7, 11) is 0. The van der Waals surface area contributed by atoms with E-state index >= 15 is 0 Å². The summed E-state index contributed by atoms with van der Waals surface area (Å²) >= 11 is 0. The Hall–Kier alpha value is -2.32. The third-order valence-corrected chi connectivity index (χ3v) is 5.25. The van der Waals surface area contributed by atoms with Crippen molar-refractivity contribution in [3.63, 3.8) is 0 Å². The molecule has 0 aliphatic carbocycles. The smallest absolute Gasteiger partial charge is 0.321 e. The number of carbonyl (C=O) groups is 1. The number of carbonyl (C=O) groups excluding carboxylic acids is 1. The van der Waals surface area contributed by atoms with Crippen molar-refractivity contribution < 1.29 is 4.79 Å². The van der Waals surface area contributed by atoms with Gasteiger partial charge in [0.05, 0.1) is 11.5 Å². The van der Waals surface area contributed by atoms with Gasteiger partial charge >= 0.3 is 6.03 Å². The summed E-state index contributed by atoms with van der Waals surface area (Å²) in [4.78, 5) is 16.8. The molecule has 1 saturated heterocycles. The molecule has 5 nitrogen and oxygen atoms in total. The number of hydrogen-bond donors (Lipinski definition) is 1. The van der Waals surface area contributed by atoms with E-state index in [4.69, 9.17) is 0 Å². The monoisotopic (exact) mass is 338 g/mol. The summed E-state index contributed by atoms with van der Waals surface area (Å²) in [5.41, 5.74) is 1.20. The predicted molar refractivity (Wildman–Crippen MR) is 99.4 cm³/mol. The quantitative estimate of drug-likeness (QED) is 0.860. The molecule has 132 valence electrons. The molecule has 2 amide bonds. The zero-order chi connectivity index (χ0) is 17.9. The van der Waals surface area contributed by atoms with Crippen LogP contribution in [-0.2, 0) is 5.41 Å². The molecule has 1 fully saturated rings. The van der Waals surface area contributed by atoms with E-state index in [0.29, 0.717) is 6.04 Å². The van der Waals surface area contributed by atoms with Crippen LogP contribution in [0.3, 0.4) is 0 Å². The molecule has 0 atom stereocenters. The number of nitrogens with zero attached hydrogens (tertiary/aromatic N) is 3. The van der Waals surface area contributed by atoms with Crippen LogP contribution in [0.15, 0.2) is 36.4 Å². The van der Waals surface area contributed by atoms with Crippen LogP contribution in [0.4, 0.5) is 10.5 Å². The summed E-state index contributed by atoms with van der Waals surface area (Å²) < 4.78 is 0. The van der Waals surface area contributed by atoms with Gasteiger partial charge in [-0.15, -0.1) is 0 Å². The Bertz CT molecular complexity index is 671. The molecule has 0 aromatic heterocycles. The molecule has 1 aromatic rings. The fraction of sp³-hybridized carbons (Fsp3) is 0.500. The van der Waals surface area contributed by atoms with Crippen LogP contribution < -0.4 is 5.32 Å². The summed E-state index contributed by atoms with van der Waals surface area (Å²) in [6.45, 7) is 7.46. The van der Waals surface area contributed by atoms with E-state index in [1.165, 1.54) is 0 Å². The number of benzene rings is 1. The van der Waals surface area contributed by atoms with Crippen LogP contribution in [0.2, 0.25) is 0 Å². The van der Waals surface area contributed by atoms with Crippen molar-refractivity contribution in [3.8, 4) is 6.07 Å². The lowest BCUT2D eigenvalue weighted by Gasteiger charge is -2.36. The molecule has 0 unspecified atom stereocenters. The van der Waals surface area contributed by atoms with Gasteiger partial charge in [0.2, 0.25) is 0 Å². The van der Waals surface area contributed by atoms with Crippen molar-refractivity contribution >= 4 is 11.7 Å². The second-order valence-electron chi connectivity index (χ2n) is 7.39. The van der Waals surface area contributed by atoms with Gasteiger partial charge in [0, 0.05) is 37.9 Å². The van der Waals surface area contributed by atoms with E-state index in [9.17, 15) is 10.1 Å². The fourth-order valence-corrected chi connectivity index (χ4v) is 3.46. The molecule has 0 radical (unpaired) electrons. The molecule has 2 heterocycles. The standard InChI is InChI=1S/C20H26N4O/c1-20(2,15-21)16-5-7-17(8-6-16)22-19(25)24-13-9-18(10-14-24)23-11-3-4-12-23/h3-8,18H,9-14H2,1-2H3,(H,22,25). The first-order chi connectivity index (χ1) is 12.0. The molecule has 2 aliphatic heterocycles. The molecule has 0 saturated carbocycles. The van der Waals surface area contributed by atoms with Gasteiger partial charge < -0.3 is 10.2 Å². The molecule has 3 rings (SSSR count). The Morgan fingerprint density at radius 2 is 1.76 bits per heavy atom. The Balaban J connectivity index is 1.52. The summed E-state index contributed by atoms with van der Waals surface area (Å²) in [5, 5.41) is 12.2. The number of nitriles is 1. The zero-order valence-electron chi connectivity index (χ0n) is 15.0. The van der Waals surface area contributed by atoms with E-state index in [1.54, 1.807) is 0 Å². The molecule has 5 heteroatoms. The van der Waals surface area contributed by atoms with E-state index in [2.05, 4.69) is 28.4 Å². The highest BCUT2D eigenvalue weighted by atomic mass is 16.2. The number of nitrogens with one attached hydrogen (secondary N) is 1. The molecule has 1 N–H and O–H groups in total. The molecule has 0 bridgehead atoms. The van der Waals surface area contributed by atoms with Crippen LogP contribution in [0.25, 0.3) is 0 Å². The first-order valence-corrected chi connectivity index (χ1v) is 8.96. The van der Waals surface area contributed by atoms with Gasteiger partial charge in [-0.2, -0.15) is 5.26 Å². The van der Waals surface area contributed by atoms with Gasteiger partial charge in [-0.1, -0.05) is 24.3 Å². The predicted octanol–water partition coefficient (Wildman–Crippen LogP) is 3.36. The Morgan fingerprint density at radius 3 is 2.32 bits per heavy atom. The maximum Gasteiger partial charge on any atom is 0.321 e. The number of rotatable bonds is 3. The third kappa shape index (κ3) is 4.02. The van der Waals surface area contributed by atoms with Crippen LogP contribution in [0, 0.1) is 11.3 Å². The SMILES string of the molecule is CC(C)(C#N)c1ccc(NC(=O)N2CCC(N3CC=CC3)CC2)cc1. The lowest BCUT2D eigenvalue weighted by Crippen LogP contribution is -2.47. The number of amides is 2. The van der Waals surface area contributed by atoms with Gasteiger partial charge in [-0.05, 0) is 44.4 Å². The Kier molecular flexibility index (Phi) is 5.10. The highest BCUT2D eigenvalue weighted by Gasteiger charge is 2.27. The molecule has 0 spiro atoms. The topological polar surface area (TPSA) is 59.4 Å². The maximum atomic E-state index is 12.5. The number of likely N-dealkylation sites (tertiary alicyclic amines) is 1. The van der Waals surface area contributed by atoms with Crippen LogP contribution in [0.1, 0.15) is 32.3 Å². The van der Waals surface area contributed by atoms with Crippen molar-refractivity contribution in [3.05, 3.63) is 42.0 Å². The maximum absolute atomic E-state index is 12.5. The minimum atomic E-state index is -0.519. The normalized spacial score (nSPS) is 19.0. The van der Waals surface area contributed by atoms with Gasteiger partial charge in [0.15, 0.2) is 0 Å². The van der Waals surface area contributed by atoms with Crippen molar-refractivity contribution in [1.82, 2.24) is 9.80 Å².